The summed E-state index contributed by atoms with van der Waals surface area (Å²) in [5, 5.41) is 2.93. The van der Waals surface area contributed by atoms with E-state index in [4.69, 9.17) is 4.74 Å². The quantitative estimate of drug-likeness (QED) is 0.385. The highest BCUT2D eigenvalue weighted by Crippen LogP contribution is 2.29. The number of hydrogen-bond donors (Lipinski definition) is 1. The molecule has 1 N–H and O–H groups in total. The first-order valence-corrected chi connectivity index (χ1v) is 11.9. The van der Waals surface area contributed by atoms with Crippen LogP contribution >= 0.6 is 0 Å². The number of aryl methyl sites for hydroxylation is 2. The molecule has 0 radical (unpaired) electrons. The monoisotopic (exact) mass is 477 g/mol. The Labute approximate surface area is 210 Å². The number of pyridine rings is 1. The summed E-state index contributed by atoms with van der Waals surface area (Å²) in [5.41, 5.74) is 6.68. The fourth-order valence-corrected chi connectivity index (χ4v) is 4.55. The number of aromatic nitrogens is 1. The van der Waals surface area contributed by atoms with Gasteiger partial charge in [0.2, 0.25) is 0 Å². The van der Waals surface area contributed by atoms with Crippen molar-refractivity contribution < 1.29 is 14.3 Å². The number of benzene rings is 3. The maximum absolute atomic E-state index is 13.0. The minimum absolute atomic E-state index is 0.0362. The molecule has 1 aromatic heterocycles. The second-order valence-corrected chi connectivity index (χ2v) is 8.96. The molecular weight excluding hydrogens is 450 g/mol. The number of fused-ring (bicyclic) bond motifs is 1. The average molecular weight is 478 g/mol. The van der Waals surface area contributed by atoms with Crippen LogP contribution < -0.4 is 15.0 Å². The molecule has 0 fully saturated rings. The lowest BCUT2D eigenvalue weighted by Crippen LogP contribution is -2.28. The molecule has 2 heterocycles. The number of amides is 2. The minimum atomic E-state index is -0.215. The van der Waals surface area contributed by atoms with Crippen molar-refractivity contribution in [2.45, 2.75) is 26.9 Å². The van der Waals surface area contributed by atoms with Gasteiger partial charge in [0.25, 0.3) is 11.8 Å². The van der Waals surface area contributed by atoms with Gasteiger partial charge in [-0.15, -0.1) is 0 Å². The van der Waals surface area contributed by atoms with Crippen LogP contribution in [0.1, 0.15) is 43.0 Å². The van der Waals surface area contributed by atoms with Gasteiger partial charge in [-0.2, -0.15) is 0 Å². The number of para-hydroxylation sites is 1. The molecule has 36 heavy (non-hydrogen) atoms. The fraction of sp³-hybridized carbons (Fsp3) is 0.167. The number of carbonyl (C=O) groups excluding carboxylic acids is 2. The van der Waals surface area contributed by atoms with Crippen LogP contribution in [-0.4, -0.2) is 23.3 Å². The van der Waals surface area contributed by atoms with Gasteiger partial charge in [-0.05, 0) is 85.5 Å². The highest BCUT2D eigenvalue weighted by Gasteiger charge is 2.25. The Morgan fingerprint density at radius 2 is 1.69 bits per heavy atom. The lowest BCUT2D eigenvalue weighted by Gasteiger charge is -2.17. The summed E-state index contributed by atoms with van der Waals surface area (Å²) in [4.78, 5) is 31.9. The third-order valence-electron chi connectivity index (χ3n) is 6.35. The predicted octanol–water partition coefficient (Wildman–Crippen LogP) is 5.73. The van der Waals surface area contributed by atoms with Crippen LogP contribution in [0.4, 0.5) is 11.4 Å². The van der Waals surface area contributed by atoms with E-state index in [0.717, 1.165) is 34.5 Å². The van der Waals surface area contributed by atoms with E-state index in [1.54, 1.807) is 36.7 Å². The summed E-state index contributed by atoms with van der Waals surface area (Å²) in [7, 11) is 0. The molecule has 3 aromatic carbocycles. The smallest absolute Gasteiger partial charge is 0.258 e. The number of carbonyl (C=O) groups is 2. The highest BCUT2D eigenvalue weighted by molar-refractivity contribution is 6.08. The number of nitrogens with zero attached hydrogens (tertiary/aromatic N) is 2. The van der Waals surface area contributed by atoms with E-state index in [1.165, 1.54) is 5.56 Å². The topological polar surface area (TPSA) is 71.5 Å². The van der Waals surface area contributed by atoms with E-state index in [9.17, 15) is 9.59 Å². The Morgan fingerprint density at radius 1 is 0.944 bits per heavy atom. The van der Waals surface area contributed by atoms with Gasteiger partial charge >= 0.3 is 0 Å². The largest absolute Gasteiger partial charge is 0.488 e. The van der Waals surface area contributed by atoms with Crippen molar-refractivity contribution in [1.82, 2.24) is 4.98 Å². The van der Waals surface area contributed by atoms with Crippen molar-refractivity contribution in [2.24, 2.45) is 0 Å². The number of ether oxygens (including phenoxy) is 1. The summed E-state index contributed by atoms with van der Waals surface area (Å²) >= 11 is 0. The van der Waals surface area contributed by atoms with Gasteiger partial charge in [0.15, 0.2) is 0 Å². The molecule has 0 unspecified atom stereocenters. The minimum Gasteiger partial charge on any atom is -0.488 e. The highest BCUT2D eigenvalue weighted by atomic mass is 16.5. The first-order chi connectivity index (χ1) is 17.5. The molecule has 1 aliphatic rings. The van der Waals surface area contributed by atoms with E-state index in [-0.39, 0.29) is 11.8 Å². The number of rotatable bonds is 6. The zero-order valence-electron chi connectivity index (χ0n) is 20.3. The number of nitrogens with one attached hydrogen (secondary N) is 1. The van der Waals surface area contributed by atoms with Crippen molar-refractivity contribution in [2.75, 3.05) is 16.8 Å². The second-order valence-electron chi connectivity index (χ2n) is 8.96. The van der Waals surface area contributed by atoms with E-state index in [2.05, 4.69) is 16.4 Å². The summed E-state index contributed by atoms with van der Waals surface area (Å²) in [6.45, 7) is 4.95. The average Bonchev–Trinajstić information content (AvgIpc) is 3.33. The molecule has 0 atom stereocenters. The Kier molecular flexibility index (Phi) is 6.50. The van der Waals surface area contributed by atoms with Gasteiger partial charge < -0.3 is 15.0 Å². The van der Waals surface area contributed by atoms with Crippen molar-refractivity contribution in [3.8, 4) is 5.75 Å². The molecule has 2 amide bonds. The van der Waals surface area contributed by atoms with Gasteiger partial charge in [-0.1, -0.05) is 24.3 Å². The van der Waals surface area contributed by atoms with E-state index >= 15 is 0 Å². The van der Waals surface area contributed by atoms with Crippen LogP contribution in [0.2, 0.25) is 0 Å². The summed E-state index contributed by atoms with van der Waals surface area (Å²) < 4.78 is 6.00. The molecule has 0 aliphatic carbocycles. The summed E-state index contributed by atoms with van der Waals surface area (Å²) in [6.07, 6.45) is 4.36. The van der Waals surface area contributed by atoms with E-state index < -0.39 is 0 Å². The zero-order chi connectivity index (χ0) is 25.1. The molecule has 0 saturated heterocycles. The van der Waals surface area contributed by atoms with Crippen LogP contribution in [0.5, 0.6) is 5.75 Å². The first kappa shape index (κ1) is 23.3. The maximum atomic E-state index is 13.0. The standard InChI is InChI=1S/C30H27N3O3/c1-20-16-25(17-21(2)28(20)36-19-22-6-5-14-31-18-22)29(34)32-26-11-9-24(10-12-26)30(35)33-15-13-23-7-3-4-8-27(23)33/h3-12,14,16-18H,13,15,19H2,1-2H3,(H,32,34). The number of hydrogen-bond acceptors (Lipinski definition) is 4. The molecule has 180 valence electrons. The molecule has 0 bridgehead atoms. The van der Waals surface area contributed by atoms with Crippen molar-refractivity contribution in [3.63, 3.8) is 0 Å². The van der Waals surface area contributed by atoms with Crippen LogP contribution in [0, 0.1) is 13.8 Å². The molecule has 4 aromatic rings. The Morgan fingerprint density at radius 3 is 2.42 bits per heavy atom. The fourth-order valence-electron chi connectivity index (χ4n) is 4.55. The molecular formula is C30H27N3O3. The predicted molar refractivity (Wildman–Crippen MR) is 141 cm³/mol. The second kappa shape index (κ2) is 10.0. The first-order valence-electron chi connectivity index (χ1n) is 11.9. The SMILES string of the molecule is Cc1cc(C(=O)Nc2ccc(C(=O)N3CCc4ccccc43)cc2)cc(C)c1OCc1cccnc1. The van der Waals surface area contributed by atoms with Gasteiger partial charge in [-0.25, -0.2) is 0 Å². The van der Waals surface area contributed by atoms with Crippen molar-refractivity contribution in [3.05, 3.63) is 119 Å². The summed E-state index contributed by atoms with van der Waals surface area (Å²) in [6, 6.07) is 22.5. The van der Waals surface area contributed by atoms with Crippen molar-refractivity contribution >= 4 is 23.2 Å². The molecule has 0 saturated carbocycles. The van der Waals surface area contributed by atoms with Crippen LogP contribution in [0.15, 0.2) is 85.2 Å². The Balaban J connectivity index is 1.24. The van der Waals surface area contributed by atoms with E-state index in [1.807, 2.05) is 61.2 Å². The Bertz CT molecular complexity index is 1390. The molecule has 0 spiro atoms. The van der Waals surface area contributed by atoms with Gasteiger partial charge in [0, 0.05) is 47.0 Å². The van der Waals surface area contributed by atoms with Gasteiger partial charge in [0.1, 0.15) is 12.4 Å². The van der Waals surface area contributed by atoms with Crippen LogP contribution in [-0.2, 0) is 13.0 Å². The molecule has 1 aliphatic heterocycles. The van der Waals surface area contributed by atoms with Gasteiger partial charge in [-0.3, -0.25) is 14.6 Å². The third kappa shape index (κ3) is 4.84. The van der Waals surface area contributed by atoms with E-state index in [0.29, 0.717) is 30.0 Å². The Hall–Kier alpha value is -4.45. The number of anilines is 2. The lowest BCUT2D eigenvalue weighted by atomic mass is 10.0. The molecule has 5 rings (SSSR count). The molecule has 6 nitrogen and oxygen atoms in total. The van der Waals surface area contributed by atoms with Crippen LogP contribution in [0.25, 0.3) is 0 Å². The zero-order valence-corrected chi connectivity index (χ0v) is 20.3. The van der Waals surface area contributed by atoms with Crippen LogP contribution in [0.3, 0.4) is 0 Å². The van der Waals surface area contributed by atoms with Gasteiger partial charge in [0.05, 0.1) is 0 Å². The third-order valence-corrected chi connectivity index (χ3v) is 6.35. The van der Waals surface area contributed by atoms with Crippen molar-refractivity contribution in [1.29, 1.82) is 0 Å². The lowest BCUT2D eigenvalue weighted by molar-refractivity contribution is 0.0988. The normalized spacial score (nSPS) is 12.2. The summed E-state index contributed by atoms with van der Waals surface area (Å²) in [5.74, 6) is 0.514. The molecule has 6 heteroatoms. The maximum Gasteiger partial charge on any atom is 0.258 e.